The van der Waals surface area contributed by atoms with Crippen molar-refractivity contribution in [1.82, 2.24) is 4.98 Å². The average molecular weight is 454 g/mol. The molecule has 0 unspecified atom stereocenters. The molecule has 0 radical (unpaired) electrons. The molecular formula is C19H17Cl2N3O2S2. The van der Waals surface area contributed by atoms with Gasteiger partial charge in [0.25, 0.3) is 10.0 Å². The molecule has 1 aliphatic heterocycles. The van der Waals surface area contributed by atoms with E-state index in [0.29, 0.717) is 28.3 Å². The van der Waals surface area contributed by atoms with Crippen LogP contribution in [0.3, 0.4) is 0 Å². The SMILES string of the molecule is O=S(=O)(c1ccc(Cl)c(NCc2cnc(Cl)s2)c1)N1CCCc2ccccc21. The number of anilines is 2. The van der Waals surface area contributed by atoms with Gasteiger partial charge in [0.05, 0.1) is 27.8 Å². The van der Waals surface area contributed by atoms with Crippen LogP contribution in [-0.4, -0.2) is 19.9 Å². The zero-order valence-electron chi connectivity index (χ0n) is 14.7. The lowest BCUT2D eigenvalue weighted by Crippen LogP contribution is -2.35. The molecule has 0 spiro atoms. The zero-order chi connectivity index (χ0) is 19.7. The first-order valence-electron chi connectivity index (χ1n) is 8.69. The second-order valence-corrected chi connectivity index (χ2v) is 10.4. The summed E-state index contributed by atoms with van der Waals surface area (Å²) in [5.41, 5.74) is 2.35. The Labute approximate surface area is 178 Å². The van der Waals surface area contributed by atoms with Crippen LogP contribution in [0.15, 0.2) is 53.6 Å². The third-order valence-corrected chi connectivity index (χ3v) is 7.83. The quantitative estimate of drug-likeness (QED) is 0.576. The van der Waals surface area contributed by atoms with Crippen LogP contribution in [0.4, 0.5) is 11.4 Å². The smallest absolute Gasteiger partial charge is 0.264 e. The summed E-state index contributed by atoms with van der Waals surface area (Å²) in [5.74, 6) is 0. The first kappa shape index (κ1) is 19.5. The lowest BCUT2D eigenvalue weighted by atomic mass is 10.0. The highest BCUT2D eigenvalue weighted by atomic mass is 35.5. The predicted molar refractivity (Wildman–Crippen MR) is 115 cm³/mol. The van der Waals surface area contributed by atoms with E-state index in [1.165, 1.54) is 15.6 Å². The van der Waals surface area contributed by atoms with Crippen molar-refractivity contribution in [2.75, 3.05) is 16.2 Å². The van der Waals surface area contributed by atoms with Gasteiger partial charge in [0.2, 0.25) is 0 Å². The molecule has 0 fully saturated rings. The minimum Gasteiger partial charge on any atom is -0.379 e. The summed E-state index contributed by atoms with van der Waals surface area (Å²) >= 11 is 13.5. The Bertz CT molecular complexity index is 1120. The number of halogens is 2. The summed E-state index contributed by atoms with van der Waals surface area (Å²) in [6.45, 7) is 0.921. The van der Waals surface area contributed by atoms with Crippen LogP contribution in [0.2, 0.25) is 9.49 Å². The highest BCUT2D eigenvalue weighted by Crippen LogP contribution is 2.34. The number of rotatable bonds is 5. The Kier molecular flexibility index (Phi) is 5.51. The molecule has 146 valence electrons. The topological polar surface area (TPSA) is 62.3 Å². The Hall–Kier alpha value is -1.80. The average Bonchev–Trinajstić information content (AvgIpc) is 3.12. The molecule has 0 saturated carbocycles. The number of para-hydroxylation sites is 1. The number of nitrogens with one attached hydrogen (secondary N) is 1. The van der Waals surface area contributed by atoms with Crippen molar-refractivity contribution in [3.8, 4) is 0 Å². The lowest BCUT2D eigenvalue weighted by molar-refractivity contribution is 0.586. The number of hydrogen-bond acceptors (Lipinski definition) is 5. The van der Waals surface area contributed by atoms with Crippen LogP contribution in [-0.2, 0) is 23.0 Å². The summed E-state index contributed by atoms with van der Waals surface area (Å²) in [5, 5.41) is 3.63. The molecule has 0 atom stereocenters. The maximum atomic E-state index is 13.3. The Morgan fingerprint density at radius 3 is 2.79 bits per heavy atom. The lowest BCUT2D eigenvalue weighted by Gasteiger charge is -2.30. The van der Waals surface area contributed by atoms with Gasteiger partial charge in [0, 0.05) is 17.6 Å². The monoisotopic (exact) mass is 453 g/mol. The molecule has 1 aromatic heterocycles. The Morgan fingerprint density at radius 2 is 2.00 bits per heavy atom. The van der Waals surface area contributed by atoms with Crippen LogP contribution in [0, 0.1) is 0 Å². The molecule has 0 bridgehead atoms. The van der Waals surface area contributed by atoms with Crippen molar-refractivity contribution in [2.24, 2.45) is 0 Å². The molecule has 1 aliphatic rings. The largest absolute Gasteiger partial charge is 0.379 e. The number of nitrogens with zero attached hydrogens (tertiary/aromatic N) is 2. The first-order valence-corrected chi connectivity index (χ1v) is 11.7. The molecule has 1 N–H and O–H groups in total. The number of benzene rings is 2. The summed E-state index contributed by atoms with van der Waals surface area (Å²) in [6, 6.07) is 12.4. The van der Waals surface area contributed by atoms with Crippen molar-refractivity contribution in [2.45, 2.75) is 24.3 Å². The van der Waals surface area contributed by atoms with Crippen LogP contribution in [0.5, 0.6) is 0 Å². The van der Waals surface area contributed by atoms with Crippen molar-refractivity contribution < 1.29 is 8.42 Å². The predicted octanol–water partition coefficient (Wildman–Crippen LogP) is 5.20. The van der Waals surface area contributed by atoms with E-state index in [2.05, 4.69) is 10.3 Å². The summed E-state index contributed by atoms with van der Waals surface area (Å²) in [4.78, 5) is 5.14. The van der Waals surface area contributed by atoms with E-state index in [0.717, 1.165) is 29.0 Å². The van der Waals surface area contributed by atoms with Gasteiger partial charge in [-0.15, -0.1) is 11.3 Å². The number of fused-ring (bicyclic) bond motifs is 1. The van der Waals surface area contributed by atoms with Crippen molar-refractivity contribution in [1.29, 1.82) is 0 Å². The molecule has 0 saturated heterocycles. The van der Waals surface area contributed by atoms with Gasteiger partial charge < -0.3 is 5.32 Å². The van der Waals surface area contributed by atoms with E-state index >= 15 is 0 Å². The highest BCUT2D eigenvalue weighted by molar-refractivity contribution is 7.92. The maximum Gasteiger partial charge on any atom is 0.264 e. The molecule has 0 amide bonds. The second kappa shape index (κ2) is 7.91. The fourth-order valence-corrected chi connectivity index (χ4v) is 5.89. The minimum absolute atomic E-state index is 0.207. The van der Waals surface area contributed by atoms with Gasteiger partial charge in [0.1, 0.15) is 0 Å². The fourth-order valence-electron chi connectivity index (χ4n) is 3.22. The van der Waals surface area contributed by atoms with Crippen molar-refractivity contribution in [3.05, 3.63) is 68.6 Å². The molecule has 28 heavy (non-hydrogen) atoms. The molecule has 9 heteroatoms. The summed E-state index contributed by atoms with van der Waals surface area (Å²) in [6.07, 6.45) is 3.35. The molecule has 5 nitrogen and oxygen atoms in total. The van der Waals surface area contributed by atoms with Crippen molar-refractivity contribution in [3.63, 3.8) is 0 Å². The van der Waals surface area contributed by atoms with Crippen molar-refractivity contribution >= 4 is 55.9 Å². The molecule has 3 aromatic rings. The van der Waals surface area contributed by atoms with Crippen LogP contribution >= 0.6 is 34.5 Å². The Balaban J connectivity index is 1.63. The maximum absolute atomic E-state index is 13.3. The van der Waals surface area contributed by atoms with E-state index in [1.807, 2.05) is 24.3 Å². The van der Waals surface area contributed by atoms with E-state index in [1.54, 1.807) is 24.4 Å². The number of aromatic nitrogens is 1. The first-order chi connectivity index (χ1) is 13.4. The van der Waals surface area contributed by atoms with E-state index in [4.69, 9.17) is 23.2 Å². The van der Waals surface area contributed by atoms with Gasteiger partial charge in [-0.3, -0.25) is 4.31 Å². The normalized spacial score (nSPS) is 14.0. The van der Waals surface area contributed by atoms with Gasteiger partial charge >= 0.3 is 0 Å². The molecule has 2 heterocycles. The zero-order valence-corrected chi connectivity index (χ0v) is 17.9. The molecule has 0 aliphatic carbocycles. The Morgan fingerprint density at radius 1 is 1.18 bits per heavy atom. The molecule has 2 aromatic carbocycles. The van der Waals surface area contributed by atoms with Crippen LogP contribution < -0.4 is 9.62 Å². The van der Waals surface area contributed by atoms with Gasteiger partial charge in [-0.25, -0.2) is 13.4 Å². The van der Waals surface area contributed by atoms with E-state index in [-0.39, 0.29) is 4.90 Å². The summed E-state index contributed by atoms with van der Waals surface area (Å²) < 4.78 is 28.6. The van der Waals surface area contributed by atoms with Gasteiger partial charge in [-0.1, -0.05) is 41.4 Å². The molecular weight excluding hydrogens is 437 g/mol. The minimum atomic E-state index is -3.69. The second-order valence-electron chi connectivity index (χ2n) is 6.38. The third kappa shape index (κ3) is 3.85. The number of aryl methyl sites for hydroxylation is 1. The van der Waals surface area contributed by atoms with Gasteiger partial charge in [0.15, 0.2) is 4.47 Å². The fraction of sp³-hybridized carbons (Fsp3) is 0.211. The standard InChI is InChI=1S/C19H17Cl2N3O2S2/c20-16-8-7-15(10-17(16)22-11-14-12-23-19(21)27-14)28(25,26)24-9-3-5-13-4-1-2-6-18(13)24/h1-2,4,6-8,10,12,22H,3,5,9,11H2. The number of thiazole rings is 1. The van der Waals surface area contributed by atoms with Crippen LogP contribution in [0.25, 0.3) is 0 Å². The number of sulfonamides is 1. The van der Waals surface area contributed by atoms with Crippen LogP contribution in [0.1, 0.15) is 16.9 Å². The van der Waals surface area contributed by atoms with E-state index < -0.39 is 10.0 Å². The highest BCUT2D eigenvalue weighted by Gasteiger charge is 2.29. The van der Waals surface area contributed by atoms with Gasteiger partial charge in [-0.2, -0.15) is 0 Å². The third-order valence-electron chi connectivity index (χ3n) is 4.57. The molecule has 4 rings (SSSR count). The number of hydrogen-bond donors (Lipinski definition) is 1. The summed E-state index contributed by atoms with van der Waals surface area (Å²) in [7, 11) is -3.69. The van der Waals surface area contributed by atoms with Gasteiger partial charge in [-0.05, 0) is 42.7 Å². The van der Waals surface area contributed by atoms with E-state index in [9.17, 15) is 8.42 Å².